The Hall–Kier alpha value is -1.61. The van der Waals surface area contributed by atoms with Gasteiger partial charge in [-0.25, -0.2) is 4.98 Å². The minimum absolute atomic E-state index is 0.0560. The molecule has 0 aromatic carbocycles. The number of imidazole rings is 1. The zero-order valence-corrected chi connectivity index (χ0v) is 15.8. The van der Waals surface area contributed by atoms with Gasteiger partial charge in [0.25, 0.3) is 0 Å². The first-order valence-electron chi connectivity index (χ1n) is 9.59. The fourth-order valence-electron chi connectivity index (χ4n) is 4.65. The van der Waals surface area contributed by atoms with Gasteiger partial charge in [0.15, 0.2) is 0 Å². The zero-order valence-electron chi connectivity index (χ0n) is 15.8. The number of likely N-dealkylation sites (tertiary alicyclic amines) is 2. The highest BCUT2D eigenvalue weighted by atomic mass is 19.4. The number of alkyl halides is 3. The van der Waals surface area contributed by atoms with Crippen molar-refractivity contribution in [3.05, 3.63) is 17.2 Å². The molecule has 4 rings (SSSR count). The van der Waals surface area contributed by atoms with Gasteiger partial charge in [-0.15, -0.1) is 0 Å². The summed E-state index contributed by atoms with van der Waals surface area (Å²) < 4.78 is 42.0. The highest BCUT2D eigenvalue weighted by Gasteiger charge is 2.43. The third kappa shape index (κ3) is 3.35. The van der Waals surface area contributed by atoms with Crippen LogP contribution in [0.4, 0.5) is 13.2 Å². The van der Waals surface area contributed by atoms with Crippen molar-refractivity contribution < 1.29 is 18.0 Å². The van der Waals surface area contributed by atoms with E-state index in [9.17, 15) is 18.0 Å². The summed E-state index contributed by atoms with van der Waals surface area (Å²) in [5.74, 6) is -0.652. The van der Waals surface area contributed by atoms with E-state index in [1.54, 1.807) is 11.9 Å². The number of rotatable bonds is 2. The van der Waals surface area contributed by atoms with Gasteiger partial charge in [0.05, 0.1) is 17.4 Å². The lowest BCUT2D eigenvalue weighted by molar-refractivity contribution is -0.148. The van der Waals surface area contributed by atoms with Crippen molar-refractivity contribution in [3.8, 4) is 0 Å². The molecule has 6 nitrogen and oxygen atoms in total. The largest absolute Gasteiger partial charge is 0.449 e. The predicted molar refractivity (Wildman–Crippen MR) is 93.2 cm³/mol. The second-order valence-corrected chi connectivity index (χ2v) is 8.03. The Kier molecular flexibility index (Phi) is 4.70. The van der Waals surface area contributed by atoms with E-state index in [1.165, 1.54) is 4.57 Å². The molecule has 0 radical (unpaired) electrons. The first-order chi connectivity index (χ1) is 12.8. The maximum Gasteiger partial charge on any atom is 0.449 e. The number of fused-ring (bicyclic) bond motifs is 1. The molecule has 0 spiro atoms. The van der Waals surface area contributed by atoms with Gasteiger partial charge in [-0.05, 0) is 39.4 Å². The molecule has 1 aromatic rings. The van der Waals surface area contributed by atoms with E-state index in [0.29, 0.717) is 31.0 Å². The number of likely N-dealkylation sites (N-methyl/N-ethyl adjacent to an activating group) is 1. The van der Waals surface area contributed by atoms with Crippen LogP contribution in [0.15, 0.2) is 0 Å². The lowest BCUT2D eigenvalue weighted by Gasteiger charge is -2.34. The lowest BCUT2D eigenvalue weighted by Crippen LogP contribution is -2.45. The molecule has 1 amide bonds. The molecule has 4 heterocycles. The SMILES string of the molecule is CN1CCC(c2nc(C(F)(F)F)n3c2CN(C2CCN(C)C2=O)CC3)CC1. The highest BCUT2D eigenvalue weighted by molar-refractivity contribution is 5.83. The molecule has 9 heteroatoms. The minimum atomic E-state index is -4.45. The highest BCUT2D eigenvalue weighted by Crippen LogP contribution is 2.38. The van der Waals surface area contributed by atoms with Crippen LogP contribution in [-0.4, -0.2) is 76.5 Å². The third-order valence-electron chi connectivity index (χ3n) is 6.27. The second kappa shape index (κ2) is 6.77. The van der Waals surface area contributed by atoms with Crippen molar-refractivity contribution in [3.63, 3.8) is 0 Å². The van der Waals surface area contributed by atoms with Crippen LogP contribution >= 0.6 is 0 Å². The second-order valence-electron chi connectivity index (χ2n) is 8.03. The van der Waals surface area contributed by atoms with Crippen molar-refractivity contribution >= 4 is 5.91 Å². The molecule has 0 N–H and O–H groups in total. The van der Waals surface area contributed by atoms with Gasteiger partial charge in [-0.2, -0.15) is 13.2 Å². The minimum Gasteiger partial charge on any atom is -0.344 e. The van der Waals surface area contributed by atoms with E-state index in [0.717, 1.165) is 32.4 Å². The molecule has 0 bridgehead atoms. The smallest absolute Gasteiger partial charge is 0.344 e. The molecule has 1 aromatic heterocycles. The van der Waals surface area contributed by atoms with Crippen LogP contribution in [0.1, 0.15) is 42.4 Å². The van der Waals surface area contributed by atoms with Crippen molar-refractivity contribution in [1.29, 1.82) is 0 Å². The predicted octanol–water partition coefficient (Wildman–Crippen LogP) is 1.76. The topological polar surface area (TPSA) is 44.6 Å². The number of halogens is 3. The molecule has 1 atom stereocenters. The number of carbonyl (C=O) groups is 1. The molecule has 0 saturated carbocycles. The van der Waals surface area contributed by atoms with Crippen molar-refractivity contribution in [2.24, 2.45) is 0 Å². The maximum atomic E-state index is 13.6. The zero-order chi connectivity index (χ0) is 19.3. The monoisotopic (exact) mass is 385 g/mol. The number of hydrogen-bond donors (Lipinski definition) is 0. The van der Waals surface area contributed by atoms with Crippen molar-refractivity contribution in [2.75, 3.05) is 40.3 Å². The average Bonchev–Trinajstić information content (AvgIpc) is 3.16. The molecule has 1 unspecified atom stereocenters. The number of hydrogen-bond acceptors (Lipinski definition) is 4. The molecular weight excluding hydrogens is 359 g/mol. The molecule has 3 aliphatic rings. The summed E-state index contributed by atoms with van der Waals surface area (Å²) in [6.45, 7) is 3.49. The average molecular weight is 385 g/mol. The van der Waals surface area contributed by atoms with Crippen LogP contribution in [0.5, 0.6) is 0 Å². The van der Waals surface area contributed by atoms with Crippen molar-refractivity contribution in [2.45, 2.75) is 50.5 Å². The number of amides is 1. The van der Waals surface area contributed by atoms with Gasteiger partial charge < -0.3 is 14.4 Å². The molecule has 3 aliphatic heterocycles. The molecule has 2 saturated heterocycles. The summed E-state index contributed by atoms with van der Waals surface area (Å²) in [4.78, 5) is 22.4. The molecule has 0 aliphatic carbocycles. The first kappa shape index (κ1) is 18.7. The van der Waals surface area contributed by atoms with Crippen LogP contribution in [0.3, 0.4) is 0 Å². The number of carbonyl (C=O) groups excluding carboxylic acids is 1. The molecule has 2 fully saturated rings. The van der Waals surface area contributed by atoms with E-state index in [4.69, 9.17) is 0 Å². The van der Waals surface area contributed by atoms with Crippen LogP contribution in [-0.2, 0) is 24.1 Å². The van der Waals surface area contributed by atoms with Gasteiger partial charge in [0, 0.05) is 39.1 Å². The Labute approximate surface area is 156 Å². The molecule has 150 valence electrons. The lowest BCUT2D eigenvalue weighted by atomic mass is 9.92. The van der Waals surface area contributed by atoms with E-state index in [1.807, 2.05) is 11.9 Å². The summed E-state index contributed by atoms with van der Waals surface area (Å²) >= 11 is 0. The quantitative estimate of drug-likeness (QED) is 0.778. The summed E-state index contributed by atoms with van der Waals surface area (Å²) in [7, 11) is 3.81. The molecule has 27 heavy (non-hydrogen) atoms. The van der Waals surface area contributed by atoms with Crippen LogP contribution in [0.25, 0.3) is 0 Å². The Balaban J connectivity index is 1.66. The Morgan fingerprint density at radius 3 is 2.30 bits per heavy atom. The van der Waals surface area contributed by atoms with E-state index in [2.05, 4.69) is 9.88 Å². The normalized spacial score (nSPS) is 26.0. The molecular formula is C18H26F3N5O. The van der Waals surface area contributed by atoms with E-state index in [-0.39, 0.29) is 24.4 Å². The van der Waals surface area contributed by atoms with E-state index >= 15 is 0 Å². The number of nitrogens with zero attached hydrogens (tertiary/aromatic N) is 5. The Morgan fingerprint density at radius 2 is 1.70 bits per heavy atom. The summed E-state index contributed by atoms with van der Waals surface area (Å²) in [5.41, 5.74) is 1.25. The summed E-state index contributed by atoms with van der Waals surface area (Å²) in [5, 5.41) is 0. The fraction of sp³-hybridized carbons (Fsp3) is 0.778. The third-order valence-corrected chi connectivity index (χ3v) is 6.27. The van der Waals surface area contributed by atoms with Gasteiger partial charge in [-0.1, -0.05) is 0 Å². The van der Waals surface area contributed by atoms with Gasteiger partial charge in [-0.3, -0.25) is 9.69 Å². The number of aromatic nitrogens is 2. The van der Waals surface area contributed by atoms with Crippen LogP contribution < -0.4 is 0 Å². The first-order valence-corrected chi connectivity index (χ1v) is 9.59. The fourth-order valence-corrected chi connectivity index (χ4v) is 4.65. The standard InChI is InChI=1S/C18H26F3N5O/c1-23-6-3-12(4-7-23)15-14-11-25(13-5-8-24(2)16(13)27)9-10-26(14)17(22-15)18(19,20)21/h12-13H,3-11H2,1-2H3. The van der Waals surface area contributed by atoms with Crippen LogP contribution in [0.2, 0.25) is 0 Å². The Morgan fingerprint density at radius 1 is 1.00 bits per heavy atom. The summed E-state index contributed by atoms with van der Waals surface area (Å²) in [6.07, 6.45) is -2.07. The Bertz CT molecular complexity index is 723. The van der Waals surface area contributed by atoms with Gasteiger partial charge in [0.2, 0.25) is 11.7 Å². The van der Waals surface area contributed by atoms with Gasteiger partial charge >= 0.3 is 6.18 Å². The van der Waals surface area contributed by atoms with Gasteiger partial charge in [0.1, 0.15) is 0 Å². The van der Waals surface area contributed by atoms with E-state index < -0.39 is 12.0 Å². The summed E-state index contributed by atoms with van der Waals surface area (Å²) in [6, 6.07) is -0.224. The van der Waals surface area contributed by atoms with Crippen LogP contribution in [0, 0.1) is 0 Å². The van der Waals surface area contributed by atoms with Crippen molar-refractivity contribution in [1.82, 2.24) is 24.3 Å². The maximum absolute atomic E-state index is 13.6. The number of piperidine rings is 1.